The van der Waals surface area contributed by atoms with Gasteiger partial charge in [0.2, 0.25) is 11.8 Å². The molecule has 1 aromatic heterocycles. The zero-order chi connectivity index (χ0) is 20.8. The standard InChI is InChI=1S/C24H32N2O2S/c1-18(2)14-26(24(28)21-10-7-11-21)17-23(27)25(15-20-8-5-4-6-9-20)16-22-13-12-19(3)29-22/h4-6,8-9,12-13,18,21H,7,10-11,14-17H2,1-3H3. The summed E-state index contributed by atoms with van der Waals surface area (Å²) in [7, 11) is 0. The van der Waals surface area contributed by atoms with Gasteiger partial charge in [0.1, 0.15) is 0 Å². The maximum atomic E-state index is 13.3. The molecule has 1 heterocycles. The summed E-state index contributed by atoms with van der Waals surface area (Å²) in [4.78, 5) is 32.3. The highest BCUT2D eigenvalue weighted by atomic mass is 32.1. The lowest BCUT2D eigenvalue weighted by Crippen LogP contribution is -2.47. The Labute approximate surface area is 178 Å². The summed E-state index contributed by atoms with van der Waals surface area (Å²) in [6.07, 6.45) is 3.05. The monoisotopic (exact) mass is 412 g/mol. The fraction of sp³-hybridized carbons (Fsp3) is 0.500. The molecule has 5 heteroatoms. The Morgan fingerprint density at radius 2 is 1.76 bits per heavy atom. The van der Waals surface area contributed by atoms with E-state index in [0.717, 1.165) is 24.8 Å². The Morgan fingerprint density at radius 3 is 2.31 bits per heavy atom. The molecule has 0 saturated heterocycles. The third kappa shape index (κ3) is 6.17. The first kappa shape index (κ1) is 21.6. The van der Waals surface area contributed by atoms with E-state index in [1.165, 1.54) is 9.75 Å². The van der Waals surface area contributed by atoms with Crippen LogP contribution in [-0.4, -0.2) is 34.7 Å². The van der Waals surface area contributed by atoms with E-state index in [2.05, 4.69) is 32.9 Å². The zero-order valence-electron chi connectivity index (χ0n) is 17.8. The van der Waals surface area contributed by atoms with Gasteiger partial charge in [-0.3, -0.25) is 9.59 Å². The molecule has 1 aliphatic carbocycles. The van der Waals surface area contributed by atoms with Gasteiger partial charge < -0.3 is 9.80 Å². The number of hydrogen-bond donors (Lipinski definition) is 0. The number of amides is 2. The molecule has 3 rings (SSSR count). The number of thiophene rings is 1. The number of carbonyl (C=O) groups is 2. The van der Waals surface area contributed by atoms with Crippen LogP contribution in [0, 0.1) is 18.8 Å². The van der Waals surface area contributed by atoms with E-state index in [9.17, 15) is 9.59 Å². The molecule has 0 aliphatic heterocycles. The lowest BCUT2D eigenvalue weighted by atomic mass is 9.84. The second kappa shape index (κ2) is 10.1. The molecule has 0 spiro atoms. The van der Waals surface area contributed by atoms with Gasteiger partial charge in [-0.25, -0.2) is 0 Å². The molecule has 0 N–H and O–H groups in total. The number of aryl methyl sites for hydroxylation is 1. The van der Waals surface area contributed by atoms with Crippen molar-refractivity contribution >= 4 is 23.2 Å². The molecular formula is C24H32N2O2S. The minimum atomic E-state index is 0.0215. The average molecular weight is 413 g/mol. The zero-order valence-corrected chi connectivity index (χ0v) is 18.6. The number of hydrogen-bond acceptors (Lipinski definition) is 3. The first-order valence-electron chi connectivity index (χ1n) is 10.6. The van der Waals surface area contributed by atoms with Crippen molar-refractivity contribution in [2.75, 3.05) is 13.1 Å². The average Bonchev–Trinajstić information content (AvgIpc) is 3.04. The van der Waals surface area contributed by atoms with Crippen LogP contribution in [0.2, 0.25) is 0 Å². The van der Waals surface area contributed by atoms with Crippen LogP contribution >= 0.6 is 11.3 Å². The topological polar surface area (TPSA) is 40.6 Å². The highest BCUT2D eigenvalue weighted by Gasteiger charge is 2.31. The predicted octanol–water partition coefficient (Wildman–Crippen LogP) is 4.87. The van der Waals surface area contributed by atoms with Gasteiger partial charge in [0, 0.05) is 28.8 Å². The Morgan fingerprint density at radius 1 is 1.03 bits per heavy atom. The normalized spacial score (nSPS) is 13.9. The van der Waals surface area contributed by atoms with Gasteiger partial charge in [0.15, 0.2) is 0 Å². The molecule has 1 fully saturated rings. The largest absolute Gasteiger partial charge is 0.333 e. The maximum Gasteiger partial charge on any atom is 0.242 e. The van der Waals surface area contributed by atoms with Crippen molar-refractivity contribution < 1.29 is 9.59 Å². The van der Waals surface area contributed by atoms with Crippen molar-refractivity contribution in [1.29, 1.82) is 0 Å². The third-order valence-electron chi connectivity index (χ3n) is 5.39. The smallest absolute Gasteiger partial charge is 0.242 e. The number of carbonyl (C=O) groups excluding carboxylic acids is 2. The van der Waals surface area contributed by atoms with Crippen molar-refractivity contribution in [1.82, 2.24) is 9.80 Å². The van der Waals surface area contributed by atoms with Gasteiger partial charge in [-0.2, -0.15) is 0 Å². The predicted molar refractivity (Wildman–Crippen MR) is 119 cm³/mol. The minimum absolute atomic E-state index is 0.0215. The molecule has 4 nitrogen and oxygen atoms in total. The van der Waals surface area contributed by atoms with E-state index in [1.807, 2.05) is 35.2 Å². The lowest BCUT2D eigenvalue weighted by molar-refractivity contribution is -0.145. The molecule has 0 atom stereocenters. The molecule has 0 unspecified atom stereocenters. The van der Waals surface area contributed by atoms with Crippen LogP contribution in [0.15, 0.2) is 42.5 Å². The first-order chi connectivity index (χ1) is 13.9. The molecule has 2 amide bonds. The lowest BCUT2D eigenvalue weighted by Gasteiger charge is -2.34. The van der Waals surface area contributed by atoms with E-state index in [-0.39, 0.29) is 24.3 Å². The van der Waals surface area contributed by atoms with Crippen molar-refractivity contribution in [2.24, 2.45) is 11.8 Å². The minimum Gasteiger partial charge on any atom is -0.333 e. The van der Waals surface area contributed by atoms with E-state index in [0.29, 0.717) is 25.6 Å². The van der Waals surface area contributed by atoms with Crippen molar-refractivity contribution in [3.63, 3.8) is 0 Å². The van der Waals surface area contributed by atoms with Gasteiger partial charge in [0.25, 0.3) is 0 Å². The summed E-state index contributed by atoms with van der Waals surface area (Å²) < 4.78 is 0. The molecule has 0 radical (unpaired) electrons. The number of rotatable bonds is 9. The van der Waals surface area contributed by atoms with Crippen LogP contribution in [-0.2, 0) is 22.7 Å². The van der Waals surface area contributed by atoms with Crippen LogP contribution in [0.3, 0.4) is 0 Å². The number of nitrogens with zero attached hydrogens (tertiary/aromatic N) is 2. The first-order valence-corrected chi connectivity index (χ1v) is 11.4. The van der Waals surface area contributed by atoms with Crippen LogP contribution in [0.25, 0.3) is 0 Å². The molecule has 0 bridgehead atoms. The second-order valence-corrected chi connectivity index (χ2v) is 9.86. The van der Waals surface area contributed by atoms with Gasteiger partial charge in [-0.15, -0.1) is 11.3 Å². The molecule has 1 aliphatic rings. The maximum absolute atomic E-state index is 13.3. The molecule has 29 heavy (non-hydrogen) atoms. The summed E-state index contributed by atoms with van der Waals surface area (Å²) >= 11 is 1.72. The summed E-state index contributed by atoms with van der Waals surface area (Å²) in [5.41, 5.74) is 1.11. The van der Waals surface area contributed by atoms with Crippen molar-refractivity contribution in [3.05, 3.63) is 57.8 Å². The van der Waals surface area contributed by atoms with Crippen LogP contribution in [0.4, 0.5) is 0 Å². The van der Waals surface area contributed by atoms with Gasteiger partial charge in [0.05, 0.1) is 13.1 Å². The summed E-state index contributed by atoms with van der Waals surface area (Å²) in [6, 6.07) is 14.3. The van der Waals surface area contributed by atoms with Crippen LogP contribution in [0.5, 0.6) is 0 Å². The quantitative estimate of drug-likeness (QED) is 0.589. The van der Waals surface area contributed by atoms with E-state index < -0.39 is 0 Å². The molecule has 1 aromatic carbocycles. The fourth-order valence-corrected chi connectivity index (χ4v) is 4.55. The summed E-state index contributed by atoms with van der Waals surface area (Å²) in [6.45, 7) is 8.23. The Kier molecular flexibility index (Phi) is 7.48. The molecular weight excluding hydrogens is 380 g/mol. The Bertz CT molecular complexity index is 811. The Balaban J connectivity index is 1.74. The van der Waals surface area contributed by atoms with E-state index in [4.69, 9.17) is 0 Å². The van der Waals surface area contributed by atoms with Crippen molar-refractivity contribution in [3.8, 4) is 0 Å². The highest BCUT2D eigenvalue weighted by Crippen LogP contribution is 2.28. The van der Waals surface area contributed by atoms with E-state index >= 15 is 0 Å². The highest BCUT2D eigenvalue weighted by molar-refractivity contribution is 7.11. The molecule has 2 aromatic rings. The Hall–Kier alpha value is -2.14. The van der Waals surface area contributed by atoms with Crippen molar-refractivity contribution in [2.45, 2.75) is 53.1 Å². The molecule has 156 valence electrons. The SMILES string of the molecule is Cc1ccc(CN(Cc2ccccc2)C(=O)CN(CC(C)C)C(=O)C2CCC2)s1. The van der Waals surface area contributed by atoms with Gasteiger partial charge in [-0.1, -0.05) is 50.6 Å². The fourth-order valence-electron chi connectivity index (χ4n) is 3.64. The number of benzene rings is 1. The van der Waals surface area contributed by atoms with Crippen LogP contribution in [0.1, 0.15) is 48.4 Å². The molecule has 1 saturated carbocycles. The second-order valence-electron chi connectivity index (χ2n) is 8.49. The van der Waals surface area contributed by atoms with Crippen LogP contribution < -0.4 is 0 Å². The van der Waals surface area contributed by atoms with Gasteiger partial charge in [-0.05, 0) is 43.4 Å². The summed E-state index contributed by atoms with van der Waals surface area (Å²) in [5, 5.41) is 0. The van der Waals surface area contributed by atoms with Gasteiger partial charge >= 0.3 is 0 Å². The van der Waals surface area contributed by atoms with E-state index in [1.54, 1.807) is 16.2 Å². The third-order valence-corrected chi connectivity index (χ3v) is 6.37. The summed E-state index contributed by atoms with van der Waals surface area (Å²) in [5.74, 6) is 0.636.